The third-order valence-electron chi connectivity index (χ3n) is 1.26. The standard InChI is InChI=1S/C6H10O2/c1-5(3-7)6(2)4-8/h3-6H,1-2H3/t5-,6-/m1/s1. The molecule has 0 amide bonds. The van der Waals surface area contributed by atoms with Crippen molar-refractivity contribution in [3.8, 4) is 0 Å². The second kappa shape index (κ2) is 3.36. The summed E-state index contributed by atoms with van der Waals surface area (Å²) >= 11 is 0. The lowest BCUT2D eigenvalue weighted by Gasteiger charge is -2.02. The maximum atomic E-state index is 9.95. The van der Waals surface area contributed by atoms with E-state index in [0.29, 0.717) is 0 Å². The van der Waals surface area contributed by atoms with E-state index in [1.54, 1.807) is 13.8 Å². The highest BCUT2D eigenvalue weighted by molar-refractivity contribution is 5.63. The summed E-state index contributed by atoms with van der Waals surface area (Å²) in [4.78, 5) is 19.9. The number of carbonyl (C=O) groups excluding carboxylic acids is 2. The van der Waals surface area contributed by atoms with Gasteiger partial charge in [-0.1, -0.05) is 13.8 Å². The van der Waals surface area contributed by atoms with Crippen molar-refractivity contribution in [1.29, 1.82) is 0 Å². The van der Waals surface area contributed by atoms with Gasteiger partial charge in [0.25, 0.3) is 0 Å². The van der Waals surface area contributed by atoms with Gasteiger partial charge in [0.2, 0.25) is 0 Å². The average molecular weight is 114 g/mol. The molecule has 0 spiro atoms. The summed E-state index contributed by atoms with van der Waals surface area (Å²) in [6, 6.07) is 0. The number of hydrogen-bond acceptors (Lipinski definition) is 2. The third-order valence-corrected chi connectivity index (χ3v) is 1.26. The minimum Gasteiger partial charge on any atom is -0.303 e. The molecule has 46 valence electrons. The van der Waals surface area contributed by atoms with Crippen molar-refractivity contribution in [2.75, 3.05) is 0 Å². The van der Waals surface area contributed by atoms with Gasteiger partial charge >= 0.3 is 0 Å². The van der Waals surface area contributed by atoms with Gasteiger partial charge in [0.1, 0.15) is 12.6 Å². The minimum atomic E-state index is -0.132. The van der Waals surface area contributed by atoms with Gasteiger partial charge in [0.05, 0.1) is 0 Å². The van der Waals surface area contributed by atoms with Crippen LogP contribution in [0.1, 0.15) is 13.8 Å². The van der Waals surface area contributed by atoms with Crippen molar-refractivity contribution >= 4 is 12.6 Å². The van der Waals surface area contributed by atoms with E-state index in [0.717, 1.165) is 12.6 Å². The molecule has 0 saturated heterocycles. The van der Waals surface area contributed by atoms with E-state index >= 15 is 0 Å². The van der Waals surface area contributed by atoms with Gasteiger partial charge in [-0.3, -0.25) is 0 Å². The van der Waals surface area contributed by atoms with Crippen LogP contribution in [0.25, 0.3) is 0 Å². The predicted octanol–water partition coefficient (Wildman–Crippen LogP) is 0.656. The molecule has 0 aliphatic rings. The van der Waals surface area contributed by atoms with E-state index in [-0.39, 0.29) is 11.8 Å². The van der Waals surface area contributed by atoms with Crippen LogP contribution in [-0.4, -0.2) is 12.6 Å². The SMILES string of the molecule is C[C@H](C=O)[C@H](C)C=O. The smallest absolute Gasteiger partial charge is 0.123 e. The van der Waals surface area contributed by atoms with Crippen LogP contribution in [0.5, 0.6) is 0 Å². The summed E-state index contributed by atoms with van der Waals surface area (Å²) < 4.78 is 0. The molecule has 0 aliphatic heterocycles. The fourth-order valence-corrected chi connectivity index (χ4v) is 0.248. The number of rotatable bonds is 3. The largest absolute Gasteiger partial charge is 0.303 e. The molecular weight excluding hydrogens is 104 g/mol. The molecule has 0 heterocycles. The first kappa shape index (κ1) is 7.34. The molecule has 0 radical (unpaired) electrons. The van der Waals surface area contributed by atoms with Crippen LogP contribution in [0, 0.1) is 11.8 Å². The van der Waals surface area contributed by atoms with Gasteiger partial charge < -0.3 is 9.59 Å². The molecule has 0 aromatic rings. The highest BCUT2D eigenvalue weighted by Crippen LogP contribution is 2.02. The molecule has 0 saturated carbocycles. The molecular formula is C6H10O2. The highest BCUT2D eigenvalue weighted by atomic mass is 16.1. The Morgan fingerprint density at radius 1 is 1.00 bits per heavy atom. The topological polar surface area (TPSA) is 34.1 Å². The summed E-state index contributed by atoms with van der Waals surface area (Å²) in [6.07, 6.45) is 1.58. The van der Waals surface area contributed by atoms with Crippen molar-refractivity contribution < 1.29 is 9.59 Å². The van der Waals surface area contributed by atoms with Gasteiger partial charge in [-0.15, -0.1) is 0 Å². The van der Waals surface area contributed by atoms with Gasteiger partial charge in [0, 0.05) is 11.8 Å². The van der Waals surface area contributed by atoms with Crippen LogP contribution < -0.4 is 0 Å². The maximum absolute atomic E-state index is 9.95. The van der Waals surface area contributed by atoms with Crippen molar-refractivity contribution in [2.45, 2.75) is 13.8 Å². The normalized spacial score (nSPS) is 16.8. The third kappa shape index (κ3) is 1.87. The molecule has 2 nitrogen and oxygen atoms in total. The van der Waals surface area contributed by atoms with Gasteiger partial charge in [-0.05, 0) is 0 Å². The van der Waals surface area contributed by atoms with Gasteiger partial charge in [-0.25, -0.2) is 0 Å². The van der Waals surface area contributed by atoms with E-state index in [2.05, 4.69) is 0 Å². The van der Waals surface area contributed by atoms with E-state index < -0.39 is 0 Å². The molecule has 2 heteroatoms. The van der Waals surface area contributed by atoms with Crippen molar-refractivity contribution in [3.05, 3.63) is 0 Å². The zero-order valence-electron chi connectivity index (χ0n) is 5.13. The molecule has 0 aromatic carbocycles. The van der Waals surface area contributed by atoms with Crippen LogP contribution >= 0.6 is 0 Å². The highest BCUT2D eigenvalue weighted by Gasteiger charge is 2.07. The number of carbonyl (C=O) groups is 2. The Hall–Kier alpha value is -0.660. The Kier molecular flexibility index (Phi) is 3.08. The lowest BCUT2D eigenvalue weighted by atomic mass is 10.00. The average Bonchev–Trinajstić information content (AvgIpc) is 1.84. The second-order valence-corrected chi connectivity index (χ2v) is 1.99. The van der Waals surface area contributed by atoms with E-state index in [1.165, 1.54) is 0 Å². The fraction of sp³-hybridized carbons (Fsp3) is 0.667. The monoisotopic (exact) mass is 114 g/mol. The molecule has 0 unspecified atom stereocenters. The Morgan fingerprint density at radius 2 is 1.25 bits per heavy atom. The van der Waals surface area contributed by atoms with E-state index in [4.69, 9.17) is 0 Å². The Morgan fingerprint density at radius 3 is 1.38 bits per heavy atom. The Labute approximate surface area is 48.9 Å². The molecule has 0 fully saturated rings. The van der Waals surface area contributed by atoms with Crippen LogP contribution in [0.3, 0.4) is 0 Å². The van der Waals surface area contributed by atoms with Gasteiger partial charge in [0.15, 0.2) is 0 Å². The molecule has 0 aliphatic carbocycles. The van der Waals surface area contributed by atoms with Crippen molar-refractivity contribution in [2.24, 2.45) is 11.8 Å². The quantitative estimate of drug-likeness (QED) is 0.505. The molecule has 2 atom stereocenters. The Bertz CT molecular complexity index is 76.5. The summed E-state index contributed by atoms with van der Waals surface area (Å²) in [5.41, 5.74) is 0. The van der Waals surface area contributed by atoms with Crippen LogP contribution in [0.15, 0.2) is 0 Å². The van der Waals surface area contributed by atoms with E-state index in [9.17, 15) is 9.59 Å². The summed E-state index contributed by atoms with van der Waals surface area (Å²) in [5, 5.41) is 0. The molecule has 8 heavy (non-hydrogen) atoms. The van der Waals surface area contributed by atoms with Crippen molar-refractivity contribution in [1.82, 2.24) is 0 Å². The van der Waals surface area contributed by atoms with Crippen LogP contribution in [0.4, 0.5) is 0 Å². The maximum Gasteiger partial charge on any atom is 0.123 e. The first-order chi connectivity index (χ1) is 3.72. The fourth-order valence-electron chi connectivity index (χ4n) is 0.248. The lowest BCUT2D eigenvalue weighted by molar-refractivity contribution is -0.118. The predicted molar refractivity (Wildman–Crippen MR) is 30.5 cm³/mol. The van der Waals surface area contributed by atoms with Crippen LogP contribution in [-0.2, 0) is 9.59 Å². The van der Waals surface area contributed by atoms with Crippen molar-refractivity contribution in [3.63, 3.8) is 0 Å². The Balaban J connectivity index is 3.60. The van der Waals surface area contributed by atoms with E-state index in [1.807, 2.05) is 0 Å². The van der Waals surface area contributed by atoms with Gasteiger partial charge in [-0.2, -0.15) is 0 Å². The first-order valence-corrected chi connectivity index (χ1v) is 2.63. The molecule has 0 N–H and O–H groups in total. The zero-order chi connectivity index (χ0) is 6.57. The number of aldehydes is 2. The summed E-state index contributed by atoms with van der Waals surface area (Å²) in [7, 11) is 0. The summed E-state index contributed by atoms with van der Waals surface area (Å²) in [6.45, 7) is 3.46. The molecule has 0 bridgehead atoms. The first-order valence-electron chi connectivity index (χ1n) is 2.63. The minimum absolute atomic E-state index is 0.132. The van der Waals surface area contributed by atoms with Crippen LogP contribution in [0.2, 0.25) is 0 Å². The molecule has 0 rings (SSSR count). The zero-order valence-corrected chi connectivity index (χ0v) is 5.13. The number of hydrogen-bond donors (Lipinski definition) is 0. The lowest BCUT2D eigenvalue weighted by Crippen LogP contribution is -2.09. The molecule has 0 aromatic heterocycles. The summed E-state index contributed by atoms with van der Waals surface area (Å²) in [5.74, 6) is -0.264. The second-order valence-electron chi connectivity index (χ2n) is 1.99.